The van der Waals surface area contributed by atoms with Crippen molar-refractivity contribution in [2.75, 3.05) is 20.2 Å². The molecule has 1 unspecified atom stereocenters. The van der Waals surface area contributed by atoms with Crippen LogP contribution in [-0.4, -0.2) is 36.1 Å². The molecule has 4 rings (SSSR count). The Bertz CT molecular complexity index is 1080. The highest BCUT2D eigenvalue weighted by atomic mass is 16.5. The molecular formula is C27H32N2O2. The first-order valence-corrected chi connectivity index (χ1v) is 11.2. The van der Waals surface area contributed by atoms with Crippen molar-refractivity contribution in [1.82, 2.24) is 9.88 Å². The van der Waals surface area contributed by atoms with Gasteiger partial charge in [0.2, 0.25) is 0 Å². The second kappa shape index (κ2) is 9.52. The van der Waals surface area contributed by atoms with Crippen LogP contribution in [0.4, 0.5) is 0 Å². The maximum atomic E-state index is 11.4. The number of fused-ring (bicyclic) bond motifs is 2. The minimum absolute atomic E-state index is 0.321. The number of hydrogen-bond acceptors (Lipinski definition) is 3. The number of esters is 1. The summed E-state index contributed by atoms with van der Waals surface area (Å²) in [7, 11) is 1.40. The summed E-state index contributed by atoms with van der Waals surface area (Å²) in [6.45, 7) is 6.75. The van der Waals surface area contributed by atoms with Crippen molar-refractivity contribution in [2.45, 2.75) is 39.2 Å². The number of hydrogen-bond donors (Lipinski definition) is 1. The second-order valence-electron chi connectivity index (χ2n) is 8.87. The molecule has 31 heavy (non-hydrogen) atoms. The van der Waals surface area contributed by atoms with Gasteiger partial charge in [-0.15, -0.1) is 0 Å². The van der Waals surface area contributed by atoms with Gasteiger partial charge in [-0.1, -0.05) is 50.2 Å². The first kappa shape index (κ1) is 21.4. The number of carbonyl (C=O) groups excluding carboxylic acids is 1. The van der Waals surface area contributed by atoms with Crippen LogP contribution < -0.4 is 0 Å². The van der Waals surface area contributed by atoms with Crippen LogP contribution in [0.5, 0.6) is 0 Å². The van der Waals surface area contributed by atoms with E-state index in [2.05, 4.69) is 72.4 Å². The largest absolute Gasteiger partial charge is 0.466 e. The Morgan fingerprint density at radius 3 is 2.90 bits per heavy atom. The van der Waals surface area contributed by atoms with Crippen molar-refractivity contribution in [3.05, 3.63) is 77.0 Å². The zero-order valence-corrected chi connectivity index (χ0v) is 18.7. The molecule has 1 atom stereocenters. The number of nitrogens with zero attached hydrogens (tertiary/aromatic N) is 1. The lowest BCUT2D eigenvalue weighted by molar-refractivity contribution is -0.134. The summed E-state index contributed by atoms with van der Waals surface area (Å²) in [6.07, 6.45) is 8.77. The van der Waals surface area contributed by atoms with E-state index in [1.165, 1.54) is 40.8 Å². The number of carbonyl (C=O) groups is 1. The maximum absolute atomic E-state index is 11.4. The third kappa shape index (κ3) is 4.91. The summed E-state index contributed by atoms with van der Waals surface area (Å²) in [5, 5.41) is 1.33. The van der Waals surface area contributed by atoms with E-state index < -0.39 is 0 Å². The van der Waals surface area contributed by atoms with Gasteiger partial charge in [0, 0.05) is 42.3 Å². The van der Waals surface area contributed by atoms with Crippen molar-refractivity contribution in [3.8, 4) is 0 Å². The number of benzene rings is 2. The van der Waals surface area contributed by atoms with E-state index in [1.807, 2.05) is 6.08 Å². The van der Waals surface area contributed by atoms with Crippen molar-refractivity contribution in [2.24, 2.45) is 5.92 Å². The summed E-state index contributed by atoms with van der Waals surface area (Å²) in [4.78, 5) is 17.5. The summed E-state index contributed by atoms with van der Waals surface area (Å²) in [6, 6.07) is 15.6. The van der Waals surface area contributed by atoms with Gasteiger partial charge in [-0.05, 0) is 59.6 Å². The number of ether oxygens (including phenoxy) is 1. The molecule has 0 aliphatic heterocycles. The van der Waals surface area contributed by atoms with Gasteiger partial charge in [0.1, 0.15) is 0 Å². The molecule has 0 amide bonds. The van der Waals surface area contributed by atoms with Gasteiger partial charge in [0.25, 0.3) is 0 Å². The normalized spacial score (nSPS) is 16.0. The molecule has 3 aromatic rings. The van der Waals surface area contributed by atoms with Crippen molar-refractivity contribution in [3.63, 3.8) is 0 Å². The fraction of sp³-hybridized carbons (Fsp3) is 0.370. The van der Waals surface area contributed by atoms with Gasteiger partial charge in [-0.3, -0.25) is 4.90 Å². The Morgan fingerprint density at radius 2 is 2.10 bits per heavy atom. The molecule has 0 fully saturated rings. The SMILES string of the molecule is COC(=O)/C=C/c1ccc2c(c1)CCC2N(CCc1c[nH]c2ccccc12)CC(C)C. The Hall–Kier alpha value is -2.85. The highest BCUT2D eigenvalue weighted by Gasteiger charge is 2.28. The lowest BCUT2D eigenvalue weighted by atomic mass is 10.0. The van der Waals surface area contributed by atoms with E-state index in [9.17, 15) is 4.79 Å². The first-order chi connectivity index (χ1) is 15.0. The standard InChI is InChI=1S/C27H32N2O2/c1-19(2)18-29(15-14-22-17-28-25-7-5-4-6-23(22)25)26-12-10-21-16-20(8-11-24(21)26)9-13-27(30)31-3/h4-9,11,13,16-17,19,26,28H,10,12,14-15,18H2,1-3H3/b13-9+. The Morgan fingerprint density at radius 1 is 1.26 bits per heavy atom. The molecule has 4 nitrogen and oxygen atoms in total. The fourth-order valence-corrected chi connectivity index (χ4v) is 4.78. The third-order valence-electron chi connectivity index (χ3n) is 6.21. The monoisotopic (exact) mass is 416 g/mol. The number of nitrogens with one attached hydrogen (secondary N) is 1. The second-order valence-corrected chi connectivity index (χ2v) is 8.87. The quantitative estimate of drug-likeness (QED) is 0.387. The number of para-hydroxylation sites is 1. The first-order valence-electron chi connectivity index (χ1n) is 11.2. The van der Waals surface area contributed by atoms with Crippen LogP contribution in [-0.2, 0) is 22.4 Å². The predicted octanol–water partition coefficient (Wildman–Crippen LogP) is 5.54. The van der Waals surface area contributed by atoms with Crippen molar-refractivity contribution >= 4 is 22.9 Å². The van der Waals surface area contributed by atoms with Crippen LogP contribution in [0, 0.1) is 5.92 Å². The molecule has 1 aliphatic carbocycles. The molecule has 0 bridgehead atoms. The molecule has 1 heterocycles. The lowest BCUT2D eigenvalue weighted by Crippen LogP contribution is -2.33. The third-order valence-corrected chi connectivity index (χ3v) is 6.21. The molecule has 0 saturated carbocycles. The van der Waals surface area contributed by atoms with Crippen LogP contribution in [0.15, 0.2) is 54.7 Å². The molecule has 0 radical (unpaired) electrons. The minimum Gasteiger partial charge on any atom is -0.466 e. The van der Waals surface area contributed by atoms with Crippen LogP contribution in [0.25, 0.3) is 17.0 Å². The van der Waals surface area contributed by atoms with Gasteiger partial charge in [-0.2, -0.15) is 0 Å². The van der Waals surface area contributed by atoms with E-state index >= 15 is 0 Å². The molecule has 2 aromatic carbocycles. The average molecular weight is 417 g/mol. The van der Waals surface area contributed by atoms with E-state index in [-0.39, 0.29) is 5.97 Å². The van der Waals surface area contributed by atoms with Gasteiger partial charge in [0.05, 0.1) is 7.11 Å². The number of aromatic nitrogens is 1. The zero-order chi connectivity index (χ0) is 21.8. The van der Waals surface area contributed by atoms with E-state index in [0.717, 1.165) is 37.9 Å². The Balaban J connectivity index is 1.51. The lowest BCUT2D eigenvalue weighted by Gasteiger charge is -2.31. The molecule has 1 aromatic heterocycles. The van der Waals surface area contributed by atoms with E-state index in [0.29, 0.717) is 12.0 Å². The van der Waals surface area contributed by atoms with Crippen LogP contribution in [0.2, 0.25) is 0 Å². The number of aromatic amines is 1. The Labute approximate surface area is 184 Å². The van der Waals surface area contributed by atoms with Gasteiger partial charge >= 0.3 is 5.97 Å². The summed E-state index contributed by atoms with van der Waals surface area (Å²) >= 11 is 0. The molecule has 4 heteroatoms. The molecule has 1 N–H and O–H groups in total. The highest BCUT2D eigenvalue weighted by Crippen LogP contribution is 2.37. The summed E-state index contributed by atoms with van der Waals surface area (Å²) in [5.41, 5.74) is 6.50. The van der Waals surface area contributed by atoms with Crippen molar-refractivity contribution < 1.29 is 9.53 Å². The topological polar surface area (TPSA) is 45.3 Å². The number of aryl methyl sites for hydroxylation is 1. The van der Waals surface area contributed by atoms with E-state index in [1.54, 1.807) is 0 Å². The highest BCUT2D eigenvalue weighted by molar-refractivity contribution is 5.87. The molecule has 0 spiro atoms. The summed E-state index contributed by atoms with van der Waals surface area (Å²) in [5.74, 6) is 0.299. The number of H-pyrrole nitrogens is 1. The number of methoxy groups -OCH3 is 1. The molecule has 0 saturated heterocycles. The maximum Gasteiger partial charge on any atom is 0.330 e. The minimum atomic E-state index is -0.321. The van der Waals surface area contributed by atoms with Crippen LogP contribution >= 0.6 is 0 Å². The number of rotatable bonds is 8. The van der Waals surface area contributed by atoms with Crippen LogP contribution in [0.3, 0.4) is 0 Å². The van der Waals surface area contributed by atoms with Gasteiger partial charge in [0.15, 0.2) is 0 Å². The smallest absolute Gasteiger partial charge is 0.330 e. The predicted molar refractivity (Wildman–Crippen MR) is 127 cm³/mol. The van der Waals surface area contributed by atoms with Gasteiger partial charge in [-0.25, -0.2) is 4.79 Å². The molecule has 1 aliphatic rings. The molecular weight excluding hydrogens is 384 g/mol. The van der Waals surface area contributed by atoms with Crippen molar-refractivity contribution in [1.29, 1.82) is 0 Å². The van der Waals surface area contributed by atoms with E-state index in [4.69, 9.17) is 4.74 Å². The summed E-state index contributed by atoms with van der Waals surface area (Å²) < 4.78 is 4.70. The Kier molecular flexibility index (Phi) is 6.57. The van der Waals surface area contributed by atoms with Gasteiger partial charge < -0.3 is 9.72 Å². The zero-order valence-electron chi connectivity index (χ0n) is 18.7. The average Bonchev–Trinajstić information content (AvgIpc) is 3.38. The molecule has 162 valence electrons. The van der Waals surface area contributed by atoms with Crippen LogP contribution in [0.1, 0.15) is 48.6 Å². The fourth-order valence-electron chi connectivity index (χ4n) is 4.78.